The minimum Gasteiger partial charge on any atom is -0.396 e. The third kappa shape index (κ3) is 5.00. The third-order valence-corrected chi connectivity index (χ3v) is 7.87. The summed E-state index contributed by atoms with van der Waals surface area (Å²) in [6.45, 7) is 0.744. The number of aliphatic hydroxyl groups is 1. The Hall–Kier alpha value is -2.33. The van der Waals surface area contributed by atoms with Crippen molar-refractivity contribution in [2.75, 3.05) is 23.8 Å². The van der Waals surface area contributed by atoms with E-state index in [1.807, 2.05) is 4.57 Å². The molecule has 1 amide bonds. The Morgan fingerprint density at radius 2 is 1.83 bits per heavy atom. The molecule has 2 aliphatic carbocycles. The van der Waals surface area contributed by atoms with Crippen LogP contribution < -0.4 is 16.4 Å². The Bertz CT molecular complexity index is 1250. The van der Waals surface area contributed by atoms with Gasteiger partial charge in [-0.1, -0.05) is 34.8 Å². The van der Waals surface area contributed by atoms with E-state index in [9.17, 15) is 9.90 Å². The fraction of sp³-hybridized carbons (Fsp3) is 0.478. The van der Waals surface area contributed by atoms with Crippen molar-refractivity contribution in [2.45, 2.75) is 44.6 Å². The second-order valence-electron chi connectivity index (χ2n) is 9.50. The molecular weight excluding hydrogens is 513 g/mol. The first-order valence-corrected chi connectivity index (χ1v) is 12.7. The normalized spacial score (nSPS) is 21.1. The van der Waals surface area contributed by atoms with Gasteiger partial charge in [-0.15, -0.1) is 0 Å². The van der Waals surface area contributed by atoms with E-state index in [-0.39, 0.29) is 29.9 Å². The number of fused-ring (bicyclic) bond motifs is 1. The number of nitrogens with two attached hydrogens (primary N) is 1. The number of amides is 1. The number of rotatable bonds is 8. The van der Waals surface area contributed by atoms with Gasteiger partial charge in [0.1, 0.15) is 5.52 Å². The Kier molecular flexibility index (Phi) is 6.69. The van der Waals surface area contributed by atoms with Crippen LogP contribution >= 0.6 is 34.8 Å². The number of nitrogens with one attached hydrogen (secondary N) is 2. The molecule has 2 heterocycles. The number of halogens is 3. The second kappa shape index (κ2) is 9.61. The summed E-state index contributed by atoms with van der Waals surface area (Å²) < 4.78 is 2.03. The minimum absolute atomic E-state index is 0.0397. The van der Waals surface area contributed by atoms with Gasteiger partial charge in [-0.05, 0) is 50.7 Å². The number of benzene rings is 1. The smallest absolute Gasteiger partial charge is 0.224 e. The summed E-state index contributed by atoms with van der Waals surface area (Å²) in [5.74, 6) is 0.605. The number of carbonyl (C=O) groups is 1. The number of hydrogen-bond acceptors (Lipinski definition) is 7. The van der Waals surface area contributed by atoms with Crippen LogP contribution in [0.1, 0.15) is 44.6 Å². The number of aromatic nitrogens is 4. The summed E-state index contributed by atoms with van der Waals surface area (Å²) in [6.07, 6.45) is 6.51. The van der Waals surface area contributed by atoms with Gasteiger partial charge in [0.2, 0.25) is 17.8 Å². The lowest BCUT2D eigenvalue weighted by Gasteiger charge is -2.29. The van der Waals surface area contributed by atoms with Gasteiger partial charge in [0.25, 0.3) is 0 Å². The topological polar surface area (TPSA) is 131 Å². The highest BCUT2D eigenvalue weighted by atomic mass is 35.5. The summed E-state index contributed by atoms with van der Waals surface area (Å²) in [5.41, 5.74) is 7.22. The molecule has 0 aliphatic heterocycles. The minimum atomic E-state index is -0.260. The zero-order chi connectivity index (χ0) is 24.7. The van der Waals surface area contributed by atoms with Crippen molar-refractivity contribution in [2.24, 2.45) is 17.1 Å². The second-order valence-corrected chi connectivity index (χ2v) is 10.7. The maximum atomic E-state index is 11.7. The van der Waals surface area contributed by atoms with E-state index >= 15 is 0 Å². The standard InChI is InChI=1S/C23H26Cl3N7O2/c24-13-7-15(25)18(16(26)8-13)31-22-30-17-9-28-21(29-10-23(11-34)5-6-23)32-20(17)33(22)14-3-1-12(2-4-14)19(27)35/h7-9,12,14,34H,1-6,10-11H2,(H2,27,35)(H,30,31)(H,28,29,32)/t12-,14+. The Labute approximate surface area is 217 Å². The van der Waals surface area contributed by atoms with Gasteiger partial charge in [0, 0.05) is 28.9 Å². The summed E-state index contributed by atoms with van der Waals surface area (Å²) in [5, 5.41) is 17.3. The van der Waals surface area contributed by atoms with Crippen LogP contribution in [-0.2, 0) is 4.79 Å². The molecule has 3 aromatic rings. The van der Waals surface area contributed by atoms with Crippen molar-refractivity contribution in [3.63, 3.8) is 0 Å². The van der Waals surface area contributed by atoms with Crippen LogP contribution in [0.3, 0.4) is 0 Å². The van der Waals surface area contributed by atoms with Gasteiger partial charge < -0.3 is 21.5 Å². The summed E-state index contributed by atoms with van der Waals surface area (Å²) in [4.78, 5) is 25.6. The lowest BCUT2D eigenvalue weighted by Crippen LogP contribution is -2.28. The van der Waals surface area contributed by atoms with Gasteiger partial charge in [-0.25, -0.2) is 9.97 Å². The largest absolute Gasteiger partial charge is 0.396 e. The Morgan fingerprint density at radius 3 is 2.43 bits per heavy atom. The van der Waals surface area contributed by atoms with Gasteiger partial charge in [-0.3, -0.25) is 9.36 Å². The van der Waals surface area contributed by atoms with Crippen LogP contribution in [0.5, 0.6) is 0 Å². The van der Waals surface area contributed by atoms with Crippen molar-refractivity contribution in [1.29, 1.82) is 0 Å². The van der Waals surface area contributed by atoms with Crippen LogP contribution in [0.15, 0.2) is 18.3 Å². The first-order chi connectivity index (χ1) is 16.8. The molecule has 2 saturated carbocycles. The molecule has 9 nitrogen and oxygen atoms in total. The molecule has 2 aliphatic rings. The number of hydrogen-bond donors (Lipinski definition) is 4. The average Bonchev–Trinajstić information content (AvgIpc) is 3.53. The average molecular weight is 539 g/mol. The van der Waals surface area contributed by atoms with Crippen molar-refractivity contribution in [3.05, 3.63) is 33.4 Å². The fourth-order valence-corrected chi connectivity index (χ4v) is 5.55. The number of carbonyl (C=O) groups excluding carboxylic acids is 1. The van der Waals surface area contributed by atoms with Crippen molar-refractivity contribution < 1.29 is 9.90 Å². The molecule has 0 saturated heterocycles. The fourth-order valence-electron chi connectivity index (χ4n) is 4.64. The van der Waals surface area contributed by atoms with E-state index in [1.165, 1.54) is 0 Å². The number of nitrogens with zero attached hydrogens (tertiary/aromatic N) is 4. The predicted octanol–water partition coefficient (Wildman–Crippen LogP) is 4.93. The van der Waals surface area contributed by atoms with Gasteiger partial charge in [0.15, 0.2) is 5.65 Å². The van der Waals surface area contributed by atoms with Gasteiger partial charge in [0.05, 0.1) is 28.5 Å². The molecule has 5 rings (SSSR count). The molecular formula is C23H26Cl3N7O2. The van der Waals surface area contributed by atoms with E-state index in [0.29, 0.717) is 63.2 Å². The maximum Gasteiger partial charge on any atom is 0.224 e. The van der Waals surface area contributed by atoms with Crippen LogP contribution in [0.25, 0.3) is 11.2 Å². The summed E-state index contributed by atoms with van der Waals surface area (Å²) in [7, 11) is 0. The molecule has 0 spiro atoms. The van der Waals surface area contributed by atoms with E-state index in [2.05, 4.69) is 15.6 Å². The zero-order valence-electron chi connectivity index (χ0n) is 18.9. The quantitative estimate of drug-likeness (QED) is 0.320. The highest BCUT2D eigenvalue weighted by Crippen LogP contribution is 2.45. The van der Waals surface area contributed by atoms with Gasteiger partial charge in [-0.2, -0.15) is 4.98 Å². The lowest BCUT2D eigenvalue weighted by molar-refractivity contribution is -0.122. The third-order valence-electron chi connectivity index (χ3n) is 7.05. The first-order valence-electron chi connectivity index (χ1n) is 11.6. The first kappa shape index (κ1) is 24.4. The molecule has 0 radical (unpaired) electrons. The summed E-state index contributed by atoms with van der Waals surface area (Å²) in [6, 6.07) is 3.26. The highest BCUT2D eigenvalue weighted by Gasteiger charge is 2.42. The molecule has 2 fully saturated rings. The maximum absolute atomic E-state index is 11.7. The number of imidazole rings is 1. The summed E-state index contributed by atoms with van der Waals surface area (Å²) >= 11 is 18.9. The highest BCUT2D eigenvalue weighted by molar-refractivity contribution is 6.41. The Morgan fingerprint density at radius 1 is 1.14 bits per heavy atom. The van der Waals surface area contributed by atoms with Crippen LogP contribution in [0, 0.1) is 11.3 Å². The lowest BCUT2D eigenvalue weighted by atomic mass is 9.85. The van der Waals surface area contributed by atoms with E-state index in [4.69, 9.17) is 50.5 Å². The SMILES string of the molecule is NC(=O)[C@H]1CC[C@@H](n2c(Nc3c(Cl)cc(Cl)cc3Cl)nc3cnc(NCC4(CO)CC4)nc32)CC1. The van der Waals surface area contributed by atoms with Crippen molar-refractivity contribution >= 4 is 69.5 Å². The molecule has 2 aromatic heterocycles. The monoisotopic (exact) mass is 537 g/mol. The Balaban J connectivity index is 1.51. The predicted molar refractivity (Wildman–Crippen MR) is 138 cm³/mol. The number of aliphatic hydroxyl groups excluding tert-OH is 1. The number of anilines is 3. The number of primary amides is 1. The van der Waals surface area contributed by atoms with Crippen LogP contribution in [-0.4, -0.2) is 43.7 Å². The molecule has 186 valence electrons. The van der Waals surface area contributed by atoms with Gasteiger partial charge >= 0.3 is 0 Å². The molecule has 5 N–H and O–H groups in total. The molecule has 12 heteroatoms. The molecule has 0 atom stereocenters. The van der Waals surface area contributed by atoms with E-state index in [1.54, 1.807) is 18.3 Å². The van der Waals surface area contributed by atoms with Crippen molar-refractivity contribution in [3.8, 4) is 0 Å². The molecule has 35 heavy (non-hydrogen) atoms. The van der Waals surface area contributed by atoms with Crippen LogP contribution in [0.2, 0.25) is 15.1 Å². The molecule has 0 bridgehead atoms. The molecule has 0 unspecified atom stereocenters. The van der Waals surface area contributed by atoms with E-state index in [0.717, 1.165) is 25.7 Å². The van der Waals surface area contributed by atoms with Crippen molar-refractivity contribution in [1.82, 2.24) is 19.5 Å². The van der Waals surface area contributed by atoms with E-state index < -0.39 is 0 Å². The van der Waals surface area contributed by atoms with Crippen LogP contribution in [0.4, 0.5) is 17.6 Å². The zero-order valence-corrected chi connectivity index (χ0v) is 21.2. The molecule has 1 aromatic carbocycles.